The molecule has 4 N–H and O–H groups in total. The van der Waals surface area contributed by atoms with E-state index in [0.29, 0.717) is 12.5 Å². The van der Waals surface area contributed by atoms with Gasteiger partial charge in [-0.25, -0.2) is 0 Å². The molecule has 102 valence electrons. The second kappa shape index (κ2) is 4.74. The van der Waals surface area contributed by atoms with Crippen molar-refractivity contribution in [3.05, 3.63) is 17.7 Å². The van der Waals surface area contributed by atoms with Crippen molar-refractivity contribution in [2.75, 3.05) is 36.5 Å². The minimum atomic E-state index is 0.0453. The van der Waals surface area contributed by atoms with Crippen LogP contribution in [0.5, 0.6) is 0 Å². The van der Waals surface area contributed by atoms with Crippen LogP contribution in [-0.2, 0) is 11.2 Å². The van der Waals surface area contributed by atoms with Crippen molar-refractivity contribution in [1.29, 1.82) is 0 Å². The number of carbonyl (C=O) groups is 1. The Balaban J connectivity index is 1.78. The molecule has 3 rings (SSSR count). The van der Waals surface area contributed by atoms with Gasteiger partial charge in [-0.05, 0) is 44.1 Å². The maximum Gasteiger partial charge on any atom is 0.228 e. The van der Waals surface area contributed by atoms with Crippen LogP contribution in [0.2, 0.25) is 0 Å². The average Bonchev–Trinajstić information content (AvgIpc) is 2.69. The fourth-order valence-electron chi connectivity index (χ4n) is 2.92. The fourth-order valence-corrected chi connectivity index (χ4v) is 2.92. The van der Waals surface area contributed by atoms with Gasteiger partial charge >= 0.3 is 0 Å². The molecular formula is C14H20N4O. The molecule has 0 aromatic heterocycles. The second-order valence-electron chi connectivity index (χ2n) is 5.57. The van der Waals surface area contributed by atoms with Crippen LogP contribution < -0.4 is 16.4 Å². The predicted molar refractivity (Wildman–Crippen MR) is 77.3 cm³/mol. The monoisotopic (exact) mass is 260 g/mol. The number of nitrogens with two attached hydrogens (primary N) is 1. The summed E-state index contributed by atoms with van der Waals surface area (Å²) in [5.74, 6) is 0.0453. The summed E-state index contributed by atoms with van der Waals surface area (Å²) in [4.78, 5) is 13.7. The third kappa shape index (κ3) is 2.51. The summed E-state index contributed by atoms with van der Waals surface area (Å²) >= 11 is 0. The zero-order chi connectivity index (χ0) is 13.4. The fraction of sp³-hybridized carbons (Fsp3) is 0.500. The van der Waals surface area contributed by atoms with Crippen molar-refractivity contribution in [3.63, 3.8) is 0 Å². The quantitative estimate of drug-likeness (QED) is 0.700. The Labute approximate surface area is 113 Å². The van der Waals surface area contributed by atoms with Crippen molar-refractivity contribution >= 4 is 23.0 Å². The highest BCUT2D eigenvalue weighted by Gasteiger charge is 2.21. The van der Waals surface area contributed by atoms with Crippen LogP contribution in [0.4, 0.5) is 17.1 Å². The van der Waals surface area contributed by atoms with Gasteiger partial charge in [-0.15, -0.1) is 0 Å². The number of likely N-dealkylation sites (tertiary alicyclic amines) is 1. The number of piperidine rings is 1. The van der Waals surface area contributed by atoms with E-state index >= 15 is 0 Å². The van der Waals surface area contributed by atoms with Gasteiger partial charge in [-0.1, -0.05) is 0 Å². The van der Waals surface area contributed by atoms with E-state index < -0.39 is 0 Å². The van der Waals surface area contributed by atoms with Crippen molar-refractivity contribution < 1.29 is 4.79 Å². The molecule has 5 heteroatoms. The highest BCUT2D eigenvalue weighted by Crippen LogP contribution is 2.32. The third-order valence-electron chi connectivity index (χ3n) is 3.88. The molecule has 0 aliphatic carbocycles. The van der Waals surface area contributed by atoms with Crippen LogP contribution in [-0.4, -0.2) is 37.0 Å². The zero-order valence-corrected chi connectivity index (χ0v) is 11.2. The Morgan fingerprint density at radius 2 is 2.32 bits per heavy atom. The Bertz CT molecular complexity index is 514. The first-order valence-corrected chi connectivity index (χ1v) is 6.79. The number of hydrogen-bond acceptors (Lipinski definition) is 4. The van der Waals surface area contributed by atoms with Crippen LogP contribution >= 0.6 is 0 Å². The van der Waals surface area contributed by atoms with Gasteiger partial charge in [0, 0.05) is 18.3 Å². The number of fused-ring (bicyclic) bond motifs is 1. The number of hydrogen-bond donors (Lipinski definition) is 3. The first kappa shape index (κ1) is 12.3. The number of benzene rings is 1. The number of rotatable bonds is 2. The smallest absolute Gasteiger partial charge is 0.228 e. The molecule has 1 aromatic carbocycles. The standard InChI is InChI=1S/C14H20N4O/c1-18-4-2-3-10(8-18)16-13-7-12-9(5-11(13)15)6-14(19)17-12/h5,7,10,16H,2-4,6,8,15H2,1H3,(H,17,19). The van der Waals surface area contributed by atoms with Crippen LogP contribution in [0.3, 0.4) is 0 Å². The summed E-state index contributed by atoms with van der Waals surface area (Å²) in [5.41, 5.74) is 9.62. The lowest BCUT2D eigenvalue weighted by Gasteiger charge is -2.31. The molecule has 2 heterocycles. The second-order valence-corrected chi connectivity index (χ2v) is 5.57. The Hall–Kier alpha value is -1.75. The molecule has 1 saturated heterocycles. The summed E-state index contributed by atoms with van der Waals surface area (Å²) in [6.07, 6.45) is 2.80. The number of anilines is 3. The van der Waals surface area contributed by atoms with E-state index in [1.54, 1.807) is 0 Å². The lowest BCUT2D eigenvalue weighted by Crippen LogP contribution is -2.39. The van der Waals surface area contributed by atoms with Crippen LogP contribution in [0.25, 0.3) is 0 Å². The van der Waals surface area contributed by atoms with Crippen LogP contribution in [0.1, 0.15) is 18.4 Å². The van der Waals surface area contributed by atoms with Crippen molar-refractivity contribution in [2.24, 2.45) is 0 Å². The van der Waals surface area contributed by atoms with E-state index in [2.05, 4.69) is 22.6 Å². The van der Waals surface area contributed by atoms with Gasteiger partial charge in [0.1, 0.15) is 0 Å². The van der Waals surface area contributed by atoms with Gasteiger partial charge in [0.05, 0.1) is 17.8 Å². The third-order valence-corrected chi connectivity index (χ3v) is 3.88. The minimum Gasteiger partial charge on any atom is -0.397 e. The maximum atomic E-state index is 11.4. The van der Waals surface area contributed by atoms with E-state index in [1.807, 2.05) is 12.1 Å². The molecule has 1 unspecified atom stereocenters. The van der Waals surface area contributed by atoms with Gasteiger partial charge in [0.25, 0.3) is 0 Å². The van der Waals surface area contributed by atoms with E-state index in [-0.39, 0.29) is 5.91 Å². The van der Waals surface area contributed by atoms with Gasteiger partial charge in [-0.2, -0.15) is 0 Å². The number of nitrogen functional groups attached to an aromatic ring is 1. The highest BCUT2D eigenvalue weighted by molar-refractivity contribution is 6.00. The Morgan fingerprint density at radius 3 is 3.11 bits per heavy atom. The summed E-state index contributed by atoms with van der Waals surface area (Å²) in [6, 6.07) is 4.29. The summed E-state index contributed by atoms with van der Waals surface area (Å²) in [6.45, 7) is 2.19. The van der Waals surface area contributed by atoms with Crippen molar-refractivity contribution in [1.82, 2.24) is 4.90 Å². The normalized spacial score (nSPS) is 23.0. The molecule has 0 saturated carbocycles. The van der Waals surface area contributed by atoms with Gasteiger partial charge < -0.3 is 21.3 Å². The number of nitrogens with one attached hydrogen (secondary N) is 2. The predicted octanol–water partition coefficient (Wildman–Crippen LogP) is 1.27. The molecular weight excluding hydrogens is 240 g/mol. The Kier molecular flexibility index (Phi) is 3.06. The van der Waals surface area contributed by atoms with E-state index in [9.17, 15) is 4.79 Å². The molecule has 5 nitrogen and oxygen atoms in total. The van der Waals surface area contributed by atoms with Crippen LogP contribution in [0, 0.1) is 0 Å². The topological polar surface area (TPSA) is 70.4 Å². The van der Waals surface area contributed by atoms with E-state index in [0.717, 1.165) is 42.1 Å². The van der Waals surface area contributed by atoms with Crippen molar-refractivity contribution in [3.8, 4) is 0 Å². The van der Waals surface area contributed by atoms with E-state index in [1.165, 1.54) is 6.42 Å². The first-order valence-electron chi connectivity index (χ1n) is 6.79. The molecule has 0 spiro atoms. The minimum absolute atomic E-state index is 0.0453. The molecule has 19 heavy (non-hydrogen) atoms. The molecule has 1 fully saturated rings. The highest BCUT2D eigenvalue weighted by atomic mass is 16.1. The average molecular weight is 260 g/mol. The molecule has 2 aliphatic heterocycles. The number of amides is 1. The summed E-state index contributed by atoms with van der Waals surface area (Å²) < 4.78 is 0. The largest absolute Gasteiger partial charge is 0.397 e. The van der Waals surface area contributed by atoms with Gasteiger partial charge in [0.15, 0.2) is 0 Å². The van der Waals surface area contributed by atoms with Crippen LogP contribution in [0.15, 0.2) is 12.1 Å². The number of carbonyl (C=O) groups excluding carboxylic acids is 1. The molecule has 0 radical (unpaired) electrons. The molecule has 0 bridgehead atoms. The number of likely N-dealkylation sites (N-methyl/N-ethyl adjacent to an activating group) is 1. The van der Waals surface area contributed by atoms with E-state index in [4.69, 9.17) is 5.73 Å². The summed E-state index contributed by atoms with van der Waals surface area (Å²) in [5, 5.41) is 6.37. The SMILES string of the molecule is CN1CCCC(Nc2cc3c(cc2N)CC(=O)N3)C1. The lowest BCUT2D eigenvalue weighted by atomic mass is 10.0. The Morgan fingerprint density at radius 1 is 1.47 bits per heavy atom. The van der Waals surface area contributed by atoms with Gasteiger partial charge in [0.2, 0.25) is 5.91 Å². The molecule has 1 atom stereocenters. The lowest BCUT2D eigenvalue weighted by molar-refractivity contribution is -0.115. The molecule has 2 aliphatic rings. The summed E-state index contributed by atoms with van der Waals surface area (Å²) in [7, 11) is 2.14. The number of nitrogens with zero attached hydrogens (tertiary/aromatic N) is 1. The molecule has 1 amide bonds. The molecule has 1 aromatic rings. The maximum absolute atomic E-state index is 11.4. The first-order chi connectivity index (χ1) is 9.11. The zero-order valence-electron chi connectivity index (χ0n) is 11.2. The van der Waals surface area contributed by atoms with Gasteiger partial charge in [-0.3, -0.25) is 4.79 Å². The van der Waals surface area contributed by atoms with Crippen molar-refractivity contribution in [2.45, 2.75) is 25.3 Å².